The van der Waals surface area contributed by atoms with Crippen LogP contribution in [0.15, 0.2) is 60.9 Å². The van der Waals surface area contributed by atoms with Gasteiger partial charge < -0.3 is 19.9 Å². The van der Waals surface area contributed by atoms with Gasteiger partial charge in [-0.15, -0.1) is 0 Å². The quantitative estimate of drug-likeness (QED) is 0.380. The molecular formula is C23H32N8O. The number of hydrogen-bond donors (Lipinski definition) is 4. The summed E-state index contributed by atoms with van der Waals surface area (Å²) in [6.07, 6.45) is 12.0. The van der Waals surface area contributed by atoms with Gasteiger partial charge in [0.05, 0.1) is 17.8 Å². The third kappa shape index (κ3) is 5.00. The van der Waals surface area contributed by atoms with Crippen LogP contribution in [0.3, 0.4) is 0 Å². The number of hydrazine groups is 1. The lowest BCUT2D eigenvalue weighted by Crippen LogP contribution is -2.48. The van der Waals surface area contributed by atoms with E-state index in [0.717, 1.165) is 49.9 Å². The van der Waals surface area contributed by atoms with E-state index in [4.69, 9.17) is 10.1 Å². The first kappa shape index (κ1) is 22.0. The van der Waals surface area contributed by atoms with Gasteiger partial charge in [-0.05, 0) is 50.3 Å². The Hall–Kier alpha value is -3.17. The average Bonchev–Trinajstić information content (AvgIpc) is 3.22. The minimum Gasteiger partial charge on any atom is -0.491 e. The van der Waals surface area contributed by atoms with Crippen LogP contribution in [0.4, 0.5) is 5.82 Å². The van der Waals surface area contributed by atoms with Crippen LogP contribution in [-0.2, 0) is 4.74 Å². The maximum absolute atomic E-state index is 8.21. The molecule has 0 amide bonds. The fourth-order valence-electron chi connectivity index (χ4n) is 4.16. The molecule has 0 saturated carbocycles. The Bertz CT molecular complexity index is 930. The number of amidine groups is 1. The van der Waals surface area contributed by atoms with Gasteiger partial charge in [-0.2, -0.15) is 0 Å². The van der Waals surface area contributed by atoms with Crippen molar-refractivity contribution >= 4 is 11.7 Å². The van der Waals surface area contributed by atoms with Crippen molar-refractivity contribution in [3.63, 3.8) is 0 Å². The largest absolute Gasteiger partial charge is 0.491 e. The molecule has 0 radical (unpaired) electrons. The second-order valence-corrected chi connectivity index (χ2v) is 8.29. The summed E-state index contributed by atoms with van der Waals surface area (Å²) in [5.41, 5.74) is 8.95. The Morgan fingerprint density at radius 1 is 1.28 bits per heavy atom. The average molecular weight is 437 g/mol. The highest BCUT2D eigenvalue weighted by molar-refractivity contribution is 5.90. The lowest BCUT2D eigenvalue weighted by molar-refractivity contribution is 0.155. The summed E-state index contributed by atoms with van der Waals surface area (Å²) in [7, 11) is 0. The van der Waals surface area contributed by atoms with Crippen molar-refractivity contribution in [3.05, 3.63) is 66.6 Å². The highest BCUT2D eigenvalue weighted by atomic mass is 16.5. The van der Waals surface area contributed by atoms with Crippen molar-refractivity contribution in [2.24, 2.45) is 0 Å². The van der Waals surface area contributed by atoms with Crippen molar-refractivity contribution in [1.82, 2.24) is 31.0 Å². The highest BCUT2D eigenvalue weighted by Gasteiger charge is 2.34. The van der Waals surface area contributed by atoms with Crippen molar-refractivity contribution < 1.29 is 4.74 Å². The molecule has 9 nitrogen and oxygen atoms in total. The van der Waals surface area contributed by atoms with Crippen molar-refractivity contribution in [2.45, 2.75) is 38.5 Å². The number of rotatable bonds is 7. The van der Waals surface area contributed by atoms with E-state index < -0.39 is 0 Å². The molecule has 0 unspecified atom stereocenters. The molecule has 4 rings (SSSR count). The fourth-order valence-corrected chi connectivity index (χ4v) is 4.16. The van der Waals surface area contributed by atoms with Gasteiger partial charge in [0.15, 0.2) is 0 Å². The Balaban J connectivity index is 1.42. The minimum absolute atomic E-state index is 0.0156. The summed E-state index contributed by atoms with van der Waals surface area (Å²) in [5, 5.41) is 11.1. The van der Waals surface area contributed by atoms with Crippen LogP contribution in [0.2, 0.25) is 0 Å². The van der Waals surface area contributed by atoms with Crippen LogP contribution < -0.4 is 21.1 Å². The molecule has 32 heavy (non-hydrogen) atoms. The predicted molar refractivity (Wildman–Crippen MR) is 126 cm³/mol. The third-order valence-electron chi connectivity index (χ3n) is 5.74. The molecule has 3 heterocycles. The standard InChI is InChI=1S/C23H32N8O/c1-4-25-8-7-21(24)30-9-11-31(12-10-30)22-14-20(26-15-27-22)23-18-13-17(32-16(2)3)5-6-19(18)28-29-23/h4-5,7-8,13-16,19,23-25,28-29H,1,6,9-12H2,2-3H3/t19-,23-/m1/s1. The van der Waals surface area contributed by atoms with E-state index in [1.165, 1.54) is 5.57 Å². The van der Waals surface area contributed by atoms with E-state index >= 15 is 0 Å². The lowest BCUT2D eigenvalue weighted by Gasteiger charge is -2.36. The summed E-state index contributed by atoms with van der Waals surface area (Å²) in [6, 6.07) is 2.30. The number of anilines is 1. The normalized spacial score (nSPS) is 23.1. The molecule has 4 N–H and O–H groups in total. The first-order valence-electron chi connectivity index (χ1n) is 11.1. The SMILES string of the molecule is C=CNC=CC(=N)N1CCN(c2cc([C@@H]3NN[C@@H]4CC=C(OC(C)C)C=C34)ncn2)CC1. The number of allylic oxidation sites excluding steroid dienone is 1. The maximum Gasteiger partial charge on any atom is 0.132 e. The van der Waals surface area contributed by atoms with Gasteiger partial charge in [-0.1, -0.05) is 6.58 Å². The van der Waals surface area contributed by atoms with Gasteiger partial charge >= 0.3 is 0 Å². The summed E-state index contributed by atoms with van der Waals surface area (Å²) >= 11 is 0. The molecule has 1 aromatic heterocycles. The van der Waals surface area contributed by atoms with Crippen molar-refractivity contribution in [1.29, 1.82) is 5.41 Å². The molecule has 9 heteroatoms. The zero-order valence-corrected chi connectivity index (χ0v) is 18.7. The number of ether oxygens (including phenoxy) is 1. The van der Waals surface area contributed by atoms with Crippen LogP contribution in [-0.4, -0.2) is 59.0 Å². The number of hydrogen-bond acceptors (Lipinski definition) is 8. The number of piperazine rings is 1. The summed E-state index contributed by atoms with van der Waals surface area (Å²) in [4.78, 5) is 13.4. The highest BCUT2D eigenvalue weighted by Crippen LogP contribution is 2.34. The molecule has 2 fully saturated rings. The third-order valence-corrected chi connectivity index (χ3v) is 5.74. The first-order valence-corrected chi connectivity index (χ1v) is 11.1. The number of aromatic nitrogens is 2. The van der Waals surface area contributed by atoms with Gasteiger partial charge in [0.25, 0.3) is 0 Å². The molecule has 2 saturated heterocycles. The van der Waals surface area contributed by atoms with E-state index in [2.05, 4.69) is 60.7 Å². The van der Waals surface area contributed by atoms with E-state index in [1.807, 2.05) is 13.8 Å². The van der Waals surface area contributed by atoms with E-state index in [9.17, 15) is 0 Å². The van der Waals surface area contributed by atoms with Crippen LogP contribution in [0.1, 0.15) is 32.0 Å². The van der Waals surface area contributed by atoms with Crippen molar-refractivity contribution in [2.75, 3.05) is 31.1 Å². The monoisotopic (exact) mass is 436 g/mol. The van der Waals surface area contributed by atoms with E-state index in [-0.39, 0.29) is 18.2 Å². The van der Waals surface area contributed by atoms with E-state index in [1.54, 1.807) is 24.8 Å². The molecule has 0 spiro atoms. The van der Waals surface area contributed by atoms with Crippen LogP contribution in [0, 0.1) is 5.41 Å². The number of fused-ring (bicyclic) bond motifs is 1. The van der Waals surface area contributed by atoms with E-state index in [0.29, 0.717) is 5.84 Å². The predicted octanol–water partition coefficient (Wildman–Crippen LogP) is 1.98. The smallest absolute Gasteiger partial charge is 0.132 e. The topological polar surface area (TPSA) is 101 Å². The second-order valence-electron chi connectivity index (χ2n) is 8.29. The van der Waals surface area contributed by atoms with Crippen LogP contribution in [0.25, 0.3) is 0 Å². The number of nitrogens with one attached hydrogen (secondary N) is 4. The summed E-state index contributed by atoms with van der Waals surface area (Å²) in [5.74, 6) is 2.33. The Morgan fingerprint density at radius 3 is 2.84 bits per heavy atom. The molecule has 0 bridgehead atoms. The van der Waals surface area contributed by atoms with Gasteiger partial charge in [0.1, 0.15) is 23.7 Å². The molecule has 2 atom stereocenters. The van der Waals surface area contributed by atoms with Gasteiger partial charge in [0.2, 0.25) is 0 Å². The minimum atomic E-state index is -0.0156. The van der Waals surface area contributed by atoms with Gasteiger partial charge in [0, 0.05) is 44.5 Å². The second kappa shape index (κ2) is 9.97. The number of nitrogens with zero attached hydrogens (tertiary/aromatic N) is 4. The molecule has 1 aliphatic carbocycles. The summed E-state index contributed by atoms with van der Waals surface area (Å²) in [6.45, 7) is 10.8. The summed E-state index contributed by atoms with van der Waals surface area (Å²) < 4.78 is 5.92. The Kier molecular flexibility index (Phi) is 6.87. The maximum atomic E-state index is 8.21. The first-order chi connectivity index (χ1) is 15.5. The van der Waals surface area contributed by atoms with Crippen LogP contribution in [0.5, 0.6) is 0 Å². The molecule has 170 valence electrons. The lowest BCUT2D eigenvalue weighted by atomic mass is 9.93. The zero-order valence-electron chi connectivity index (χ0n) is 18.7. The van der Waals surface area contributed by atoms with Crippen molar-refractivity contribution in [3.8, 4) is 0 Å². The van der Waals surface area contributed by atoms with Crippen LogP contribution >= 0.6 is 0 Å². The Labute approximate surface area is 189 Å². The molecule has 2 aliphatic heterocycles. The Morgan fingerprint density at radius 2 is 2.09 bits per heavy atom. The molecular weight excluding hydrogens is 404 g/mol. The molecule has 1 aromatic rings. The molecule has 3 aliphatic rings. The zero-order chi connectivity index (χ0) is 22.5. The molecule has 0 aromatic carbocycles. The van der Waals surface area contributed by atoms with Gasteiger partial charge in [-0.3, -0.25) is 5.41 Å². The fraction of sp³-hybridized carbons (Fsp3) is 0.435. The van der Waals surface area contributed by atoms with Gasteiger partial charge in [-0.25, -0.2) is 20.8 Å².